The van der Waals surface area contributed by atoms with Crippen molar-refractivity contribution in [3.05, 3.63) is 144 Å². The second-order valence-corrected chi connectivity index (χ2v) is 9.22. The fraction of sp³-hybridized carbons (Fsp3) is 0.212. The molecule has 0 bridgehead atoms. The van der Waals surface area contributed by atoms with Gasteiger partial charge in [-0.3, -0.25) is 0 Å². The standard InChI is InChI=1S/C33H35N/c1-4-12-27(5-2)32(28-13-8-6-9-14-28)25-34-31-21-19-30(20-22-31)33(23-10-7-11-24-33)29-17-15-26(3)16-18-29/h4-6,8-9,12-22,25,34H,1-2,7,10-11,23-24H2,3H3/b27-12+,32-25-. The molecule has 1 nitrogen and oxygen atoms in total. The lowest BCUT2D eigenvalue weighted by atomic mass is 9.65. The Morgan fingerprint density at radius 1 is 0.794 bits per heavy atom. The molecule has 1 fully saturated rings. The summed E-state index contributed by atoms with van der Waals surface area (Å²) in [5, 5.41) is 3.52. The van der Waals surface area contributed by atoms with Gasteiger partial charge < -0.3 is 5.32 Å². The quantitative estimate of drug-likeness (QED) is 0.341. The van der Waals surface area contributed by atoms with Crippen LogP contribution in [-0.4, -0.2) is 0 Å². The highest BCUT2D eigenvalue weighted by atomic mass is 14.8. The number of aryl methyl sites for hydroxylation is 1. The van der Waals surface area contributed by atoms with Crippen molar-refractivity contribution in [2.75, 3.05) is 5.32 Å². The van der Waals surface area contributed by atoms with E-state index in [1.54, 1.807) is 6.08 Å². The zero-order valence-electron chi connectivity index (χ0n) is 20.3. The molecule has 0 heterocycles. The molecule has 1 N–H and O–H groups in total. The van der Waals surface area contributed by atoms with Crippen LogP contribution in [0.1, 0.15) is 54.4 Å². The van der Waals surface area contributed by atoms with E-state index < -0.39 is 0 Å². The average molecular weight is 446 g/mol. The minimum Gasteiger partial charge on any atom is -0.361 e. The molecule has 1 aliphatic carbocycles. The van der Waals surface area contributed by atoms with Crippen LogP contribution in [0.4, 0.5) is 5.69 Å². The minimum atomic E-state index is 0.123. The Kier molecular flexibility index (Phi) is 7.65. The van der Waals surface area contributed by atoms with Crippen LogP contribution in [0.25, 0.3) is 5.57 Å². The molecule has 172 valence electrons. The lowest BCUT2D eigenvalue weighted by Crippen LogP contribution is -2.30. The van der Waals surface area contributed by atoms with Crippen LogP contribution in [0.3, 0.4) is 0 Å². The van der Waals surface area contributed by atoms with E-state index in [9.17, 15) is 0 Å². The molecular weight excluding hydrogens is 410 g/mol. The number of hydrogen-bond donors (Lipinski definition) is 1. The summed E-state index contributed by atoms with van der Waals surface area (Å²) in [5.74, 6) is 0. The third kappa shape index (κ3) is 5.15. The Bertz CT molecular complexity index is 1160. The molecule has 0 aromatic heterocycles. The van der Waals surface area contributed by atoms with E-state index >= 15 is 0 Å². The van der Waals surface area contributed by atoms with E-state index in [-0.39, 0.29) is 5.41 Å². The Hall–Kier alpha value is -3.58. The van der Waals surface area contributed by atoms with Gasteiger partial charge >= 0.3 is 0 Å². The molecule has 4 rings (SSSR count). The summed E-state index contributed by atoms with van der Waals surface area (Å²) in [6.07, 6.45) is 14.1. The Morgan fingerprint density at radius 3 is 2.00 bits per heavy atom. The summed E-state index contributed by atoms with van der Waals surface area (Å²) >= 11 is 0. The average Bonchev–Trinajstić information content (AvgIpc) is 2.90. The van der Waals surface area contributed by atoms with E-state index in [1.807, 2.05) is 18.2 Å². The van der Waals surface area contributed by atoms with Crippen LogP contribution in [-0.2, 0) is 5.41 Å². The Balaban J connectivity index is 1.64. The SMILES string of the molecule is C=C/C=C(C=C)/C(=C/Nc1ccc(C2(c3ccc(C)cc3)CCCCC2)cc1)c1ccccc1. The maximum atomic E-state index is 4.00. The second-order valence-electron chi connectivity index (χ2n) is 9.22. The van der Waals surface area contributed by atoms with Crippen molar-refractivity contribution in [3.63, 3.8) is 0 Å². The fourth-order valence-electron chi connectivity index (χ4n) is 5.16. The van der Waals surface area contributed by atoms with Crippen LogP contribution in [0.15, 0.2) is 122 Å². The summed E-state index contributed by atoms with van der Waals surface area (Å²) in [6.45, 7) is 10.0. The van der Waals surface area contributed by atoms with Crippen molar-refractivity contribution in [2.45, 2.75) is 44.4 Å². The molecule has 1 heteroatoms. The molecular formula is C33H35N. The predicted molar refractivity (Wildman–Crippen MR) is 148 cm³/mol. The molecule has 0 saturated heterocycles. The number of hydrogen-bond acceptors (Lipinski definition) is 1. The topological polar surface area (TPSA) is 12.0 Å². The molecule has 0 aliphatic heterocycles. The number of nitrogens with one attached hydrogen (secondary N) is 1. The van der Waals surface area contributed by atoms with E-state index in [4.69, 9.17) is 0 Å². The number of rotatable bonds is 8. The van der Waals surface area contributed by atoms with Gasteiger partial charge in [0.15, 0.2) is 0 Å². The zero-order valence-corrected chi connectivity index (χ0v) is 20.3. The first-order chi connectivity index (χ1) is 16.7. The number of allylic oxidation sites excluding steroid dienone is 5. The first-order valence-corrected chi connectivity index (χ1v) is 12.3. The lowest BCUT2D eigenvalue weighted by Gasteiger charge is -2.39. The van der Waals surface area contributed by atoms with Gasteiger partial charge in [0, 0.05) is 22.9 Å². The van der Waals surface area contributed by atoms with E-state index in [1.165, 1.54) is 48.8 Å². The molecule has 1 aliphatic rings. The largest absolute Gasteiger partial charge is 0.361 e. The summed E-state index contributed by atoms with van der Waals surface area (Å²) in [5.41, 5.74) is 8.66. The van der Waals surface area contributed by atoms with Crippen molar-refractivity contribution in [1.82, 2.24) is 0 Å². The Morgan fingerprint density at radius 2 is 1.41 bits per heavy atom. The first kappa shape index (κ1) is 23.6. The Labute approximate surface area is 205 Å². The highest BCUT2D eigenvalue weighted by Gasteiger charge is 2.35. The van der Waals surface area contributed by atoms with Crippen molar-refractivity contribution >= 4 is 11.3 Å². The van der Waals surface area contributed by atoms with Gasteiger partial charge in [0.1, 0.15) is 0 Å². The maximum Gasteiger partial charge on any atom is 0.0380 e. The van der Waals surface area contributed by atoms with Crippen LogP contribution >= 0.6 is 0 Å². The fourth-order valence-corrected chi connectivity index (χ4v) is 5.16. The molecule has 0 amide bonds. The van der Waals surface area contributed by atoms with Gasteiger partial charge in [-0.2, -0.15) is 0 Å². The van der Waals surface area contributed by atoms with E-state index in [2.05, 4.69) is 104 Å². The molecule has 0 radical (unpaired) electrons. The predicted octanol–water partition coefficient (Wildman–Crippen LogP) is 9.00. The van der Waals surface area contributed by atoms with Gasteiger partial charge in [0.05, 0.1) is 0 Å². The molecule has 34 heavy (non-hydrogen) atoms. The van der Waals surface area contributed by atoms with Crippen molar-refractivity contribution < 1.29 is 0 Å². The van der Waals surface area contributed by atoms with E-state index in [0.717, 1.165) is 22.4 Å². The highest BCUT2D eigenvalue weighted by molar-refractivity contribution is 5.83. The summed E-state index contributed by atoms with van der Waals surface area (Å²) in [6, 6.07) is 28.6. The van der Waals surface area contributed by atoms with E-state index in [0.29, 0.717) is 0 Å². The van der Waals surface area contributed by atoms with Crippen LogP contribution in [0.5, 0.6) is 0 Å². The summed E-state index contributed by atoms with van der Waals surface area (Å²) in [4.78, 5) is 0. The van der Waals surface area contributed by atoms with Crippen molar-refractivity contribution in [2.24, 2.45) is 0 Å². The molecule has 3 aromatic rings. The maximum absolute atomic E-state index is 4.00. The van der Waals surface area contributed by atoms with Gasteiger partial charge in [0.25, 0.3) is 0 Å². The van der Waals surface area contributed by atoms with Gasteiger partial charge in [-0.25, -0.2) is 0 Å². The first-order valence-electron chi connectivity index (χ1n) is 12.3. The summed E-state index contributed by atoms with van der Waals surface area (Å²) < 4.78 is 0. The number of anilines is 1. The zero-order chi connectivity index (χ0) is 23.8. The molecule has 1 saturated carbocycles. The third-order valence-corrected chi connectivity index (χ3v) is 7.05. The van der Waals surface area contributed by atoms with Gasteiger partial charge in [-0.15, -0.1) is 0 Å². The van der Waals surface area contributed by atoms with Crippen LogP contribution in [0, 0.1) is 6.92 Å². The molecule has 0 spiro atoms. The molecule has 0 unspecified atom stereocenters. The lowest BCUT2D eigenvalue weighted by molar-refractivity contribution is 0.346. The summed E-state index contributed by atoms with van der Waals surface area (Å²) in [7, 11) is 0. The molecule has 3 aromatic carbocycles. The smallest absolute Gasteiger partial charge is 0.0380 e. The van der Waals surface area contributed by atoms with Gasteiger partial charge in [-0.05, 0) is 54.2 Å². The van der Waals surface area contributed by atoms with Crippen LogP contribution < -0.4 is 5.32 Å². The normalized spacial score (nSPS) is 16.0. The number of benzene rings is 3. The molecule has 0 atom stereocenters. The van der Waals surface area contributed by atoms with Gasteiger partial charge in [0.2, 0.25) is 0 Å². The van der Waals surface area contributed by atoms with Crippen molar-refractivity contribution in [3.8, 4) is 0 Å². The second kappa shape index (κ2) is 11.0. The van der Waals surface area contributed by atoms with Gasteiger partial charge in [-0.1, -0.05) is 123 Å². The van der Waals surface area contributed by atoms with Crippen molar-refractivity contribution in [1.29, 1.82) is 0 Å². The highest BCUT2D eigenvalue weighted by Crippen LogP contribution is 2.45. The minimum absolute atomic E-state index is 0.123. The monoisotopic (exact) mass is 445 g/mol. The third-order valence-electron chi connectivity index (χ3n) is 7.05. The van der Waals surface area contributed by atoms with Crippen LogP contribution in [0.2, 0.25) is 0 Å².